The molecule has 2 nitrogen and oxygen atoms in total. The fourth-order valence-corrected chi connectivity index (χ4v) is 1.99. The van der Waals surface area contributed by atoms with Crippen LogP contribution in [0.2, 0.25) is 0 Å². The summed E-state index contributed by atoms with van der Waals surface area (Å²) in [5.74, 6) is 2.25. The molecule has 1 aromatic rings. The van der Waals surface area contributed by atoms with E-state index in [9.17, 15) is 4.21 Å². The normalized spacial score (nSPS) is 27.7. The number of hydrogen-bond acceptors (Lipinski definition) is 2. The summed E-state index contributed by atoms with van der Waals surface area (Å²) in [5, 5.41) is 0. The van der Waals surface area contributed by atoms with Gasteiger partial charge in [0.1, 0.15) is 11.9 Å². The maximum absolute atomic E-state index is 10.7. The lowest BCUT2D eigenvalue weighted by molar-refractivity contribution is 0.235. The van der Waals surface area contributed by atoms with Gasteiger partial charge in [0, 0.05) is 10.8 Å². The van der Waals surface area contributed by atoms with Crippen LogP contribution in [0.3, 0.4) is 0 Å². The lowest BCUT2D eigenvalue weighted by Gasteiger charge is -2.25. The summed E-state index contributed by atoms with van der Waals surface area (Å²) in [6, 6.07) is 9.66. The second kappa shape index (κ2) is 3.27. The topological polar surface area (TPSA) is 26.3 Å². The van der Waals surface area contributed by atoms with Gasteiger partial charge in [0.2, 0.25) is 0 Å². The van der Waals surface area contributed by atoms with Gasteiger partial charge in [-0.25, -0.2) is 0 Å². The van der Waals surface area contributed by atoms with E-state index in [1.54, 1.807) is 0 Å². The first-order valence-electron chi connectivity index (χ1n) is 3.91. The van der Waals surface area contributed by atoms with Gasteiger partial charge >= 0.3 is 0 Å². The van der Waals surface area contributed by atoms with Crippen molar-refractivity contribution in [3.8, 4) is 5.75 Å². The minimum atomic E-state index is -0.621. The van der Waals surface area contributed by atoms with Crippen LogP contribution in [0, 0.1) is 0 Å². The molecule has 1 aliphatic heterocycles. The molecule has 3 heteroatoms. The van der Waals surface area contributed by atoms with E-state index in [2.05, 4.69) is 0 Å². The Labute approximate surface area is 74.0 Å². The summed E-state index contributed by atoms with van der Waals surface area (Å²) in [5.41, 5.74) is 0. The van der Waals surface area contributed by atoms with Gasteiger partial charge in [-0.05, 0) is 12.1 Å². The molecule has 12 heavy (non-hydrogen) atoms. The van der Waals surface area contributed by atoms with E-state index in [0.29, 0.717) is 11.5 Å². The Balaban J connectivity index is 1.92. The molecule has 0 unspecified atom stereocenters. The summed E-state index contributed by atoms with van der Waals surface area (Å²) in [6.45, 7) is 0. The predicted octanol–water partition coefficient (Wildman–Crippen LogP) is 1.20. The van der Waals surface area contributed by atoms with Crippen molar-refractivity contribution in [3.63, 3.8) is 0 Å². The van der Waals surface area contributed by atoms with Crippen molar-refractivity contribution in [3.05, 3.63) is 30.3 Å². The summed E-state index contributed by atoms with van der Waals surface area (Å²) in [4.78, 5) is 0. The van der Waals surface area contributed by atoms with Crippen LogP contribution in [0.25, 0.3) is 0 Å². The highest BCUT2D eigenvalue weighted by Crippen LogP contribution is 2.16. The first kappa shape index (κ1) is 7.80. The summed E-state index contributed by atoms with van der Waals surface area (Å²) < 4.78 is 16.3. The fourth-order valence-electron chi connectivity index (χ4n) is 1.13. The van der Waals surface area contributed by atoms with Crippen LogP contribution >= 0.6 is 0 Å². The van der Waals surface area contributed by atoms with Crippen molar-refractivity contribution in [2.24, 2.45) is 0 Å². The van der Waals surface area contributed by atoms with Crippen LogP contribution in [0.15, 0.2) is 30.3 Å². The van der Waals surface area contributed by atoms with E-state index in [0.717, 1.165) is 5.75 Å². The Kier molecular flexibility index (Phi) is 2.13. The van der Waals surface area contributed by atoms with Crippen LogP contribution in [-0.2, 0) is 10.8 Å². The van der Waals surface area contributed by atoms with Crippen molar-refractivity contribution in [2.45, 2.75) is 6.10 Å². The Morgan fingerprint density at radius 3 is 2.50 bits per heavy atom. The van der Waals surface area contributed by atoms with Crippen LogP contribution in [0.1, 0.15) is 0 Å². The predicted molar refractivity (Wildman–Crippen MR) is 48.7 cm³/mol. The van der Waals surface area contributed by atoms with Crippen LogP contribution in [0.4, 0.5) is 0 Å². The summed E-state index contributed by atoms with van der Waals surface area (Å²) in [6.07, 6.45) is 0.174. The fraction of sp³-hybridized carbons (Fsp3) is 0.333. The molecular formula is C9H10O2S. The number of ether oxygens (including phenoxy) is 1. The first-order chi connectivity index (χ1) is 5.84. The molecule has 0 N–H and O–H groups in total. The van der Waals surface area contributed by atoms with E-state index in [1.165, 1.54) is 0 Å². The molecule has 0 aromatic heterocycles. The van der Waals surface area contributed by atoms with Crippen LogP contribution < -0.4 is 4.74 Å². The number of benzene rings is 1. The zero-order chi connectivity index (χ0) is 8.39. The van der Waals surface area contributed by atoms with Crippen molar-refractivity contribution >= 4 is 10.8 Å². The highest BCUT2D eigenvalue weighted by atomic mass is 32.2. The van der Waals surface area contributed by atoms with Gasteiger partial charge in [0.05, 0.1) is 11.5 Å². The maximum Gasteiger partial charge on any atom is 0.122 e. The van der Waals surface area contributed by atoms with Crippen molar-refractivity contribution in [1.82, 2.24) is 0 Å². The molecular weight excluding hydrogens is 172 g/mol. The van der Waals surface area contributed by atoms with E-state index in [1.807, 2.05) is 30.3 Å². The third-order valence-electron chi connectivity index (χ3n) is 1.79. The van der Waals surface area contributed by atoms with Gasteiger partial charge in [0.25, 0.3) is 0 Å². The van der Waals surface area contributed by atoms with Gasteiger partial charge in [-0.1, -0.05) is 18.2 Å². The smallest absolute Gasteiger partial charge is 0.122 e. The molecule has 0 atom stereocenters. The van der Waals surface area contributed by atoms with Crippen molar-refractivity contribution in [2.75, 3.05) is 11.5 Å². The maximum atomic E-state index is 10.7. The Hall–Kier alpha value is -0.830. The van der Waals surface area contributed by atoms with Crippen molar-refractivity contribution in [1.29, 1.82) is 0 Å². The lowest BCUT2D eigenvalue weighted by Crippen LogP contribution is -2.41. The molecule has 1 aliphatic rings. The summed E-state index contributed by atoms with van der Waals surface area (Å²) >= 11 is 0. The molecule has 1 fully saturated rings. The van der Waals surface area contributed by atoms with E-state index < -0.39 is 10.8 Å². The van der Waals surface area contributed by atoms with Gasteiger partial charge in [0.15, 0.2) is 0 Å². The zero-order valence-electron chi connectivity index (χ0n) is 6.60. The highest BCUT2D eigenvalue weighted by Gasteiger charge is 2.26. The SMILES string of the molecule is O=S1CC(Oc2ccccc2)C1. The second-order valence-corrected chi connectivity index (χ2v) is 4.37. The minimum absolute atomic E-state index is 0.174. The first-order valence-corrected chi connectivity index (χ1v) is 5.40. The largest absolute Gasteiger partial charge is 0.489 e. The second-order valence-electron chi connectivity index (χ2n) is 2.83. The number of rotatable bonds is 2. The Morgan fingerprint density at radius 2 is 1.92 bits per heavy atom. The average molecular weight is 182 g/mol. The van der Waals surface area contributed by atoms with Gasteiger partial charge < -0.3 is 4.74 Å². The van der Waals surface area contributed by atoms with E-state index in [4.69, 9.17) is 4.74 Å². The van der Waals surface area contributed by atoms with Crippen LogP contribution in [-0.4, -0.2) is 21.8 Å². The molecule has 0 aliphatic carbocycles. The monoisotopic (exact) mass is 182 g/mol. The molecule has 0 spiro atoms. The molecule has 2 rings (SSSR count). The Morgan fingerprint density at radius 1 is 1.25 bits per heavy atom. The molecule has 0 saturated carbocycles. The van der Waals surface area contributed by atoms with Gasteiger partial charge in [-0.15, -0.1) is 0 Å². The highest BCUT2D eigenvalue weighted by molar-refractivity contribution is 7.86. The third kappa shape index (κ3) is 1.67. The lowest BCUT2D eigenvalue weighted by atomic mass is 10.3. The molecule has 64 valence electrons. The molecule has 1 heterocycles. The molecule has 0 radical (unpaired) electrons. The van der Waals surface area contributed by atoms with Gasteiger partial charge in [-0.2, -0.15) is 0 Å². The minimum Gasteiger partial charge on any atom is -0.489 e. The summed E-state index contributed by atoms with van der Waals surface area (Å²) in [7, 11) is -0.621. The number of para-hydroxylation sites is 1. The van der Waals surface area contributed by atoms with Crippen molar-refractivity contribution < 1.29 is 8.95 Å². The molecule has 0 bridgehead atoms. The van der Waals surface area contributed by atoms with Crippen LogP contribution in [0.5, 0.6) is 5.75 Å². The Bertz CT molecular complexity index is 276. The standard InChI is InChI=1S/C9H10O2S/c10-12-6-9(7-12)11-8-4-2-1-3-5-8/h1-5,9H,6-7H2. The number of hydrogen-bond donors (Lipinski definition) is 0. The average Bonchev–Trinajstić information content (AvgIpc) is 2.04. The molecule has 1 aromatic carbocycles. The van der Waals surface area contributed by atoms with E-state index >= 15 is 0 Å². The molecule has 1 saturated heterocycles. The van der Waals surface area contributed by atoms with E-state index in [-0.39, 0.29) is 6.10 Å². The molecule has 0 amide bonds. The quantitative estimate of drug-likeness (QED) is 0.687. The zero-order valence-corrected chi connectivity index (χ0v) is 7.42. The third-order valence-corrected chi connectivity index (χ3v) is 3.28. The van der Waals surface area contributed by atoms with Gasteiger partial charge in [-0.3, -0.25) is 4.21 Å².